The highest BCUT2D eigenvalue weighted by Crippen LogP contribution is 2.53. The van der Waals surface area contributed by atoms with Crippen LogP contribution >= 0.6 is 0 Å². The van der Waals surface area contributed by atoms with E-state index in [9.17, 15) is 39.5 Å². The number of alkyl halides is 8. The molecule has 4 nitrogen and oxygen atoms in total. The molecule has 0 saturated heterocycles. The van der Waals surface area contributed by atoms with E-state index >= 15 is 0 Å². The highest BCUT2D eigenvalue weighted by Gasteiger charge is 2.63. The first-order valence-corrected chi connectivity index (χ1v) is 7.86. The average molecular weight is 441 g/mol. The van der Waals surface area contributed by atoms with Crippen LogP contribution in [0.2, 0.25) is 0 Å². The van der Waals surface area contributed by atoms with Gasteiger partial charge in [0, 0.05) is 12.3 Å². The lowest BCUT2D eigenvalue weighted by Crippen LogP contribution is -2.37. The number of nitrogens with zero attached hydrogens (tertiary/aromatic N) is 3. The zero-order valence-electron chi connectivity index (χ0n) is 14.5. The van der Waals surface area contributed by atoms with Crippen LogP contribution in [0.1, 0.15) is 16.8 Å². The van der Waals surface area contributed by atoms with Crippen molar-refractivity contribution in [1.29, 1.82) is 0 Å². The largest absolute Gasteiger partial charge is 0.458 e. The van der Waals surface area contributed by atoms with Crippen LogP contribution in [0.5, 0.6) is 0 Å². The Bertz CT molecular complexity index is 1070. The van der Waals surface area contributed by atoms with Crippen molar-refractivity contribution in [1.82, 2.24) is 15.1 Å². The van der Waals surface area contributed by atoms with Gasteiger partial charge in [0.1, 0.15) is 11.3 Å². The van der Waals surface area contributed by atoms with Crippen molar-refractivity contribution in [3.63, 3.8) is 0 Å². The Morgan fingerprint density at radius 2 is 1.60 bits per heavy atom. The third-order valence-electron chi connectivity index (χ3n) is 3.89. The lowest BCUT2D eigenvalue weighted by molar-refractivity contribution is -0.291. The summed E-state index contributed by atoms with van der Waals surface area (Å²) in [5.74, 6) is -9.59. The third-order valence-corrected chi connectivity index (χ3v) is 3.89. The van der Waals surface area contributed by atoms with Crippen molar-refractivity contribution in [2.45, 2.75) is 25.2 Å². The topological polar surface area (TPSA) is 51.8 Å². The van der Waals surface area contributed by atoms with E-state index in [1.807, 2.05) is 0 Å². The summed E-state index contributed by atoms with van der Waals surface area (Å²) < 4.78 is 127. The quantitative estimate of drug-likeness (QED) is 0.374. The van der Waals surface area contributed by atoms with E-state index in [2.05, 4.69) is 19.6 Å². The van der Waals surface area contributed by atoms with Crippen molar-refractivity contribution in [2.24, 2.45) is 0 Å². The molecule has 0 aromatic carbocycles. The maximum absolute atomic E-state index is 14.4. The van der Waals surface area contributed by atoms with Crippen LogP contribution in [0.3, 0.4) is 0 Å². The first-order valence-electron chi connectivity index (χ1n) is 7.86. The summed E-state index contributed by atoms with van der Waals surface area (Å²) in [5.41, 5.74) is -8.49. The van der Waals surface area contributed by atoms with Gasteiger partial charge in [0.2, 0.25) is 5.95 Å². The van der Waals surface area contributed by atoms with E-state index in [0.717, 1.165) is 18.3 Å². The van der Waals surface area contributed by atoms with Gasteiger partial charge in [0.05, 0.1) is 22.5 Å². The van der Waals surface area contributed by atoms with E-state index in [1.165, 1.54) is 19.1 Å². The van der Waals surface area contributed by atoms with Gasteiger partial charge in [0.25, 0.3) is 0 Å². The molecule has 0 aliphatic carbocycles. The highest BCUT2D eigenvalue weighted by atomic mass is 19.4. The number of pyridine rings is 2. The minimum absolute atomic E-state index is 0.0453. The fourth-order valence-electron chi connectivity index (χ4n) is 2.68. The van der Waals surface area contributed by atoms with Crippen molar-refractivity contribution in [3.05, 3.63) is 53.2 Å². The smallest absolute Gasteiger partial charge is 0.356 e. The maximum Gasteiger partial charge on any atom is 0.458 e. The van der Waals surface area contributed by atoms with E-state index in [1.54, 1.807) is 0 Å². The second kappa shape index (κ2) is 6.99. The van der Waals surface area contributed by atoms with Crippen molar-refractivity contribution in [2.75, 3.05) is 0 Å². The summed E-state index contributed by atoms with van der Waals surface area (Å²) in [6.07, 6.45) is -11.4. The number of aryl methyl sites for hydroxylation is 1. The molecule has 13 heteroatoms. The fourth-order valence-corrected chi connectivity index (χ4v) is 2.68. The van der Waals surface area contributed by atoms with Crippen LogP contribution in [0.25, 0.3) is 22.7 Å². The molecule has 0 unspecified atom stereocenters. The molecule has 0 aliphatic heterocycles. The Kier molecular flexibility index (Phi) is 5.03. The second-order valence-corrected chi connectivity index (χ2v) is 5.99. The Labute approximate surface area is 161 Å². The van der Waals surface area contributed by atoms with Crippen LogP contribution in [0.15, 0.2) is 35.0 Å². The standard InChI is InChI=1S/C17H8F9N3O/c1-7-6-9(30-29-7)10-11(15(19,20)17(24,25)26)12(16(21,22)23)14(18)28-13(10)8-4-2-3-5-27-8/h2-6H,1H3. The lowest BCUT2D eigenvalue weighted by Gasteiger charge is -2.26. The van der Waals surface area contributed by atoms with Gasteiger partial charge in [-0.1, -0.05) is 11.2 Å². The molecule has 0 amide bonds. The molecule has 0 aliphatic rings. The Balaban J connectivity index is 2.58. The lowest BCUT2D eigenvalue weighted by atomic mass is 9.91. The Hall–Kier alpha value is -3.12. The predicted molar refractivity (Wildman–Crippen MR) is 82.6 cm³/mol. The van der Waals surface area contributed by atoms with E-state index < -0.39 is 58.1 Å². The Morgan fingerprint density at radius 1 is 0.933 bits per heavy atom. The molecule has 0 saturated carbocycles. The number of hydrogen-bond acceptors (Lipinski definition) is 4. The van der Waals surface area contributed by atoms with Gasteiger partial charge in [-0.2, -0.15) is 39.5 Å². The molecule has 3 aromatic heterocycles. The number of aromatic nitrogens is 3. The first-order chi connectivity index (χ1) is 13.7. The van der Waals surface area contributed by atoms with Gasteiger partial charge in [-0.3, -0.25) is 4.98 Å². The average Bonchev–Trinajstić information content (AvgIpc) is 3.05. The van der Waals surface area contributed by atoms with Crippen molar-refractivity contribution >= 4 is 0 Å². The summed E-state index contributed by atoms with van der Waals surface area (Å²) >= 11 is 0. The molecule has 0 atom stereocenters. The molecular formula is C17H8F9N3O. The van der Waals surface area contributed by atoms with Crippen LogP contribution in [0.4, 0.5) is 39.5 Å². The summed E-state index contributed by atoms with van der Waals surface area (Å²) in [7, 11) is 0. The minimum atomic E-state index is -6.49. The first kappa shape index (κ1) is 21.6. The zero-order valence-corrected chi connectivity index (χ0v) is 14.5. The molecule has 0 bridgehead atoms. The van der Waals surface area contributed by atoms with Crippen LogP contribution in [-0.4, -0.2) is 21.3 Å². The van der Waals surface area contributed by atoms with Crippen LogP contribution in [0, 0.1) is 12.9 Å². The maximum atomic E-state index is 14.4. The summed E-state index contributed by atoms with van der Waals surface area (Å²) in [6.45, 7) is 1.25. The van der Waals surface area contributed by atoms with Gasteiger partial charge in [-0.25, -0.2) is 4.98 Å². The second-order valence-electron chi connectivity index (χ2n) is 5.99. The van der Waals surface area contributed by atoms with E-state index in [-0.39, 0.29) is 5.69 Å². The molecule has 3 heterocycles. The molecule has 160 valence electrons. The van der Waals surface area contributed by atoms with E-state index in [4.69, 9.17) is 0 Å². The number of halogens is 9. The summed E-state index contributed by atoms with van der Waals surface area (Å²) in [6, 6.07) is 4.43. The van der Waals surface area contributed by atoms with Gasteiger partial charge >= 0.3 is 18.3 Å². The Morgan fingerprint density at radius 3 is 2.07 bits per heavy atom. The van der Waals surface area contributed by atoms with Gasteiger partial charge in [-0.15, -0.1) is 0 Å². The van der Waals surface area contributed by atoms with Crippen molar-refractivity contribution < 1.29 is 44.0 Å². The molecule has 0 fully saturated rings. The molecule has 3 aromatic rings. The molecule has 0 N–H and O–H groups in total. The SMILES string of the molecule is Cc1cc(-c2c(-c3ccccn3)nc(F)c(C(F)(F)F)c2C(F)(F)C(F)(F)F)on1. The van der Waals surface area contributed by atoms with E-state index in [0.29, 0.717) is 0 Å². The van der Waals surface area contributed by atoms with Crippen LogP contribution in [-0.2, 0) is 12.1 Å². The third kappa shape index (κ3) is 3.59. The molecular weight excluding hydrogens is 433 g/mol. The van der Waals surface area contributed by atoms with Gasteiger partial charge in [-0.05, 0) is 19.1 Å². The molecule has 0 radical (unpaired) electrons. The minimum Gasteiger partial charge on any atom is -0.356 e. The summed E-state index contributed by atoms with van der Waals surface area (Å²) in [5, 5.41) is 3.30. The highest BCUT2D eigenvalue weighted by molar-refractivity contribution is 5.81. The molecule has 3 rings (SSSR count). The number of hydrogen-bond donors (Lipinski definition) is 0. The van der Waals surface area contributed by atoms with Crippen molar-refractivity contribution in [3.8, 4) is 22.7 Å². The fraction of sp³-hybridized carbons (Fsp3) is 0.235. The number of rotatable bonds is 3. The predicted octanol–water partition coefficient (Wildman–Crippen LogP) is 5.92. The monoisotopic (exact) mass is 441 g/mol. The summed E-state index contributed by atoms with van der Waals surface area (Å²) in [4.78, 5) is 6.68. The zero-order chi connectivity index (χ0) is 22.5. The molecule has 30 heavy (non-hydrogen) atoms. The normalized spacial score (nSPS) is 13.0. The molecule has 0 spiro atoms. The van der Waals surface area contributed by atoms with Gasteiger partial charge < -0.3 is 4.52 Å². The van der Waals surface area contributed by atoms with Crippen LogP contribution < -0.4 is 0 Å². The van der Waals surface area contributed by atoms with Gasteiger partial charge in [0.15, 0.2) is 5.76 Å².